The maximum Gasteiger partial charge on any atom is 0.166 e. The number of benzene rings is 1. The lowest BCUT2D eigenvalue weighted by atomic mass is 10.1. The topological polar surface area (TPSA) is 27.3 Å². The summed E-state index contributed by atoms with van der Waals surface area (Å²) in [6.45, 7) is 7.86. The molecule has 0 saturated carbocycles. The van der Waals surface area contributed by atoms with E-state index in [1.807, 2.05) is 6.07 Å². The molecule has 1 heterocycles. The second-order valence-electron chi connectivity index (χ2n) is 5.46. The summed E-state index contributed by atoms with van der Waals surface area (Å²) in [6, 6.07) is 11.2. The molecule has 0 aliphatic carbocycles. The molecule has 2 rings (SSSR count). The lowest BCUT2D eigenvalue weighted by Crippen LogP contribution is -2.48. The van der Waals surface area contributed by atoms with E-state index in [0.717, 1.165) is 11.7 Å². The molecule has 1 fully saturated rings. The van der Waals surface area contributed by atoms with Crippen molar-refractivity contribution in [1.82, 2.24) is 15.5 Å². The molecule has 1 aliphatic heterocycles. The van der Waals surface area contributed by atoms with Gasteiger partial charge in [0.25, 0.3) is 0 Å². The summed E-state index contributed by atoms with van der Waals surface area (Å²) < 4.78 is 0. The molecule has 0 amide bonds. The third-order valence-electron chi connectivity index (χ3n) is 4.02. The first kappa shape index (κ1) is 15.3. The van der Waals surface area contributed by atoms with Gasteiger partial charge in [0, 0.05) is 19.1 Å². The molecule has 1 aliphatic rings. The molecule has 4 heteroatoms. The Kier molecular flexibility index (Phi) is 5.80. The minimum Gasteiger partial charge on any atom is -0.360 e. The SMILES string of the molecule is CCN1CCC(NC(=S)NC(C)c2ccccc2)CC1. The van der Waals surface area contributed by atoms with Crippen molar-refractivity contribution in [3.05, 3.63) is 35.9 Å². The lowest BCUT2D eigenvalue weighted by Gasteiger charge is -2.32. The summed E-state index contributed by atoms with van der Waals surface area (Å²) >= 11 is 5.43. The highest BCUT2D eigenvalue weighted by Crippen LogP contribution is 2.12. The summed E-state index contributed by atoms with van der Waals surface area (Å²) in [6.07, 6.45) is 2.35. The second kappa shape index (κ2) is 7.60. The van der Waals surface area contributed by atoms with Gasteiger partial charge in [-0.15, -0.1) is 0 Å². The van der Waals surface area contributed by atoms with Gasteiger partial charge < -0.3 is 15.5 Å². The molecule has 20 heavy (non-hydrogen) atoms. The average molecular weight is 291 g/mol. The normalized spacial score (nSPS) is 18.5. The molecule has 0 bridgehead atoms. The van der Waals surface area contributed by atoms with Crippen LogP contribution < -0.4 is 10.6 Å². The van der Waals surface area contributed by atoms with Crippen LogP contribution in [0.5, 0.6) is 0 Å². The van der Waals surface area contributed by atoms with Crippen LogP contribution in [0.3, 0.4) is 0 Å². The van der Waals surface area contributed by atoms with Gasteiger partial charge in [0.15, 0.2) is 5.11 Å². The van der Waals surface area contributed by atoms with E-state index >= 15 is 0 Å². The largest absolute Gasteiger partial charge is 0.360 e. The molecule has 1 aromatic carbocycles. The van der Waals surface area contributed by atoms with E-state index in [-0.39, 0.29) is 6.04 Å². The Morgan fingerprint density at radius 3 is 2.55 bits per heavy atom. The van der Waals surface area contributed by atoms with Crippen LogP contribution in [0.1, 0.15) is 38.3 Å². The van der Waals surface area contributed by atoms with Crippen molar-refractivity contribution in [1.29, 1.82) is 0 Å². The second-order valence-corrected chi connectivity index (χ2v) is 5.87. The Morgan fingerprint density at radius 1 is 1.30 bits per heavy atom. The van der Waals surface area contributed by atoms with E-state index in [2.05, 4.69) is 53.6 Å². The van der Waals surface area contributed by atoms with Gasteiger partial charge in [-0.2, -0.15) is 0 Å². The molecule has 2 N–H and O–H groups in total. The maximum absolute atomic E-state index is 5.43. The van der Waals surface area contributed by atoms with E-state index in [1.165, 1.54) is 31.5 Å². The molecule has 1 unspecified atom stereocenters. The first-order valence-corrected chi connectivity index (χ1v) is 7.94. The quantitative estimate of drug-likeness (QED) is 0.834. The number of rotatable bonds is 4. The van der Waals surface area contributed by atoms with E-state index in [0.29, 0.717) is 6.04 Å². The zero-order valence-electron chi connectivity index (χ0n) is 12.4. The third kappa shape index (κ3) is 4.46. The first-order valence-electron chi connectivity index (χ1n) is 7.53. The molecule has 1 saturated heterocycles. The van der Waals surface area contributed by atoms with Crippen LogP contribution >= 0.6 is 12.2 Å². The van der Waals surface area contributed by atoms with Gasteiger partial charge in [0.2, 0.25) is 0 Å². The molecule has 1 aromatic rings. The van der Waals surface area contributed by atoms with E-state index in [1.54, 1.807) is 0 Å². The van der Waals surface area contributed by atoms with E-state index < -0.39 is 0 Å². The van der Waals surface area contributed by atoms with Gasteiger partial charge in [-0.1, -0.05) is 37.3 Å². The van der Waals surface area contributed by atoms with Gasteiger partial charge in [0.05, 0.1) is 6.04 Å². The van der Waals surface area contributed by atoms with Crippen LogP contribution in [0.15, 0.2) is 30.3 Å². The highest BCUT2D eigenvalue weighted by Gasteiger charge is 2.18. The Morgan fingerprint density at radius 2 is 1.95 bits per heavy atom. The highest BCUT2D eigenvalue weighted by atomic mass is 32.1. The summed E-state index contributed by atoms with van der Waals surface area (Å²) in [5, 5.41) is 7.61. The first-order chi connectivity index (χ1) is 9.69. The molecule has 1 atom stereocenters. The molecule has 0 radical (unpaired) electrons. The molecule has 0 aromatic heterocycles. The summed E-state index contributed by atoms with van der Waals surface area (Å²) in [7, 11) is 0. The minimum atomic E-state index is 0.243. The predicted molar refractivity (Wildman–Crippen MR) is 88.9 cm³/mol. The van der Waals surface area contributed by atoms with Crippen molar-refractivity contribution in [2.75, 3.05) is 19.6 Å². The van der Waals surface area contributed by atoms with Crippen LogP contribution in [-0.2, 0) is 0 Å². The van der Waals surface area contributed by atoms with Gasteiger partial charge in [-0.25, -0.2) is 0 Å². The van der Waals surface area contributed by atoms with Crippen LogP contribution in [-0.4, -0.2) is 35.7 Å². The van der Waals surface area contributed by atoms with Crippen LogP contribution in [0, 0.1) is 0 Å². The van der Waals surface area contributed by atoms with Crippen LogP contribution in [0.2, 0.25) is 0 Å². The van der Waals surface area contributed by atoms with Crippen molar-refractivity contribution in [2.45, 2.75) is 38.8 Å². The standard InChI is InChI=1S/C16H25N3S/c1-3-19-11-9-15(10-12-19)18-16(20)17-13(2)14-7-5-4-6-8-14/h4-8,13,15H,3,9-12H2,1-2H3,(H2,17,18,20). The summed E-state index contributed by atoms with van der Waals surface area (Å²) in [5.41, 5.74) is 1.26. The molecule has 3 nitrogen and oxygen atoms in total. The predicted octanol–water partition coefficient (Wildman–Crippen LogP) is 2.70. The zero-order valence-corrected chi connectivity index (χ0v) is 13.2. The molecule has 0 spiro atoms. The van der Waals surface area contributed by atoms with Gasteiger partial charge in [-0.05, 0) is 44.1 Å². The molecular formula is C16H25N3S. The van der Waals surface area contributed by atoms with E-state index in [9.17, 15) is 0 Å². The van der Waals surface area contributed by atoms with Crippen LogP contribution in [0.4, 0.5) is 0 Å². The van der Waals surface area contributed by atoms with Crippen molar-refractivity contribution in [3.63, 3.8) is 0 Å². The zero-order chi connectivity index (χ0) is 14.4. The fourth-order valence-electron chi connectivity index (χ4n) is 2.64. The Labute approximate surface area is 127 Å². The number of nitrogens with one attached hydrogen (secondary N) is 2. The van der Waals surface area contributed by atoms with Crippen molar-refractivity contribution >= 4 is 17.3 Å². The monoisotopic (exact) mass is 291 g/mol. The fraction of sp³-hybridized carbons (Fsp3) is 0.562. The van der Waals surface area contributed by atoms with Crippen molar-refractivity contribution in [3.8, 4) is 0 Å². The van der Waals surface area contributed by atoms with Gasteiger partial charge >= 0.3 is 0 Å². The van der Waals surface area contributed by atoms with Gasteiger partial charge in [-0.3, -0.25) is 0 Å². The number of likely N-dealkylation sites (tertiary alicyclic amines) is 1. The van der Waals surface area contributed by atoms with E-state index in [4.69, 9.17) is 12.2 Å². The Balaban J connectivity index is 1.76. The Bertz CT molecular complexity index is 413. The number of piperidine rings is 1. The average Bonchev–Trinajstić information content (AvgIpc) is 2.49. The molecular weight excluding hydrogens is 266 g/mol. The van der Waals surface area contributed by atoms with Crippen LogP contribution in [0.25, 0.3) is 0 Å². The maximum atomic E-state index is 5.43. The van der Waals surface area contributed by atoms with Crippen molar-refractivity contribution in [2.24, 2.45) is 0 Å². The van der Waals surface area contributed by atoms with Gasteiger partial charge in [0.1, 0.15) is 0 Å². The number of nitrogens with zero attached hydrogens (tertiary/aromatic N) is 1. The smallest absolute Gasteiger partial charge is 0.166 e. The molecule has 110 valence electrons. The van der Waals surface area contributed by atoms with Crippen molar-refractivity contribution < 1.29 is 0 Å². The Hall–Kier alpha value is -1.13. The minimum absolute atomic E-state index is 0.243. The lowest BCUT2D eigenvalue weighted by molar-refractivity contribution is 0.215. The fourth-order valence-corrected chi connectivity index (χ4v) is 2.99. The number of hydrogen-bond donors (Lipinski definition) is 2. The summed E-state index contributed by atoms with van der Waals surface area (Å²) in [5.74, 6) is 0. The number of hydrogen-bond acceptors (Lipinski definition) is 2. The summed E-state index contributed by atoms with van der Waals surface area (Å²) in [4.78, 5) is 2.49. The third-order valence-corrected chi connectivity index (χ3v) is 4.25. The number of thiocarbonyl (C=S) groups is 1. The highest BCUT2D eigenvalue weighted by molar-refractivity contribution is 7.80.